The van der Waals surface area contributed by atoms with Crippen LogP contribution in [0.3, 0.4) is 0 Å². The van der Waals surface area contributed by atoms with E-state index in [0.29, 0.717) is 11.4 Å². The number of hydrogen-bond donors (Lipinski definition) is 2. The van der Waals surface area contributed by atoms with Crippen molar-refractivity contribution in [3.8, 4) is 5.75 Å². The number of nitrogens with one attached hydrogen (secondary N) is 2. The van der Waals surface area contributed by atoms with E-state index in [1.165, 1.54) is 12.1 Å². The predicted molar refractivity (Wildman–Crippen MR) is 90.9 cm³/mol. The highest BCUT2D eigenvalue weighted by Crippen LogP contribution is 2.21. The lowest BCUT2D eigenvalue weighted by atomic mass is 10.1. The smallest absolute Gasteiger partial charge is 0.287 e. The van der Waals surface area contributed by atoms with Crippen LogP contribution >= 0.6 is 0 Å². The molecule has 1 heterocycles. The normalized spacial score (nSPS) is 11.5. The first-order valence-electron chi connectivity index (χ1n) is 7.34. The number of rotatable bonds is 4. The molecule has 0 saturated heterocycles. The second kappa shape index (κ2) is 6.54. The standard InChI is InChI=1S/C18H16FN3O2/c1-11(12-3-5-14(19)6-4-12)21-22-18(23)17-10-13-9-15(24-2)7-8-16(13)20-17/h3-10,20H,1-2H3,(H,22,23)/b21-11+. The van der Waals surface area contributed by atoms with Gasteiger partial charge in [-0.05, 0) is 48.9 Å². The fourth-order valence-corrected chi connectivity index (χ4v) is 2.31. The number of fused-ring (bicyclic) bond motifs is 1. The minimum atomic E-state index is -0.355. The van der Waals surface area contributed by atoms with Gasteiger partial charge in [-0.25, -0.2) is 9.82 Å². The Kier molecular flexibility index (Phi) is 4.29. The van der Waals surface area contributed by atoms with Gasteiger partial charge in [-0.1, -0.05) is 12.1 Å². The zero-order valence-corrected chi connectivity index (χ0v) is 13.3. The molecule has 24 heavy (non-hydrogen) atoms. The van der Waals surface area contributed by atoms with Crippen molar-refractivity contribution >= 4 is 22.5 Å². The summed E-state index contributed by atoms with van der Waals surface area (Å²) in [4.78, 5) is 15.2. The lowest BCUT2D eigenvalue weighted by Gasteiger charge is -2.02. The number of methoxy groups -OCH3 is 1. The number of aromatic amines is 1. The lowest BCUT2D eigenvalue weighted by molar-refractivity contribution is 0.0950. The summed E-state index contributed by atoms with van der Waals surface area (Å²) in [6, 6.07) is 13.1. The molecule has 3 rings (SSSR count). The Balaban J connectivity index is 1.77. The highest BCUT2D eigenvalue weighted by Gasteiger charge is 2.10. The van der Waals surface area contributed by atoms with E-state index in [0.717, 1.165) is 22.2 Å². The molecule has 2 N–H and O–H groups in total. The third-order valence-electron chi connectivity index (χ3n) is 3.66. The van der Waals surface area contributed by atoms with Crippen molar-refractivity contribution in [2.45, 2.75) is 6.92 Å². The van der Waals surface area contributed by atoms with Crippen LogP contribution in [0.4, 0.5) is 4.39 Å². The molecule has 3 aromatic rings. The van der Waals surface area contributed by atoms with Gasteiger partial charge in [0.05, 0.1) is 12.8 Å². The van der Waals surface area contributed by atoms with Gasteiger partial charge < -0.3 is 9.72 Å². The molecular formula is C18H16FN3O2. The number of aromatic nitrogens is 1. The van der Waals surface area contributed by atoms with Crippen molar-refractivity contribution in [2.24, 2.45) is 5.10 Å². The van der Waals surface area contributed by atoms with Crippen molar-refractivity contribution in [2.75, 3.05) is 7.11 Å². The van der Waals surface area contributed by atoms with Gasteiger partial charge in [0.1, 0.15) is 17.3 Å². The molecule has 0 fully saturated rings. The number of halogens is 1. The van der Waals surface area contributed by atoms with Crippen LogP contribution in [0, 0.1) is 5.82 Å². The van der Waals surface area contributed by atoms with Crippen molar-refractivity contribution in [3.05, 3.63) is 65.6 Å². The quantitative estimate of drug-likeness (QED) is 0.570. The highest BCUT2D eigenvalue weighted by atomic mass is 19.1. The molecule has 0 unspecified atom stereocenters. The molecule has 0 saturated carbocycles. The van der Waals surface area contributed by atoms with Crippen LogP contribution < -0.4 is 10.2 Å². The molecule has 0 aliphatic rings. The molecule has 0 aliphatic heterocycles. The Morgan fingerprint density at radius 1 is 1.17 bits per heavy atom. The summed E-state index contributed by atoms with van der Waals surface area (Å²) in [6.45, 7) is 1.74. The third-order valence-corrected chi connectivity index (χ3v) is 3.66. The minimum absolute atomic E-state index is 0.316. The van der Waals surface area contributed by atoms with E-state index in [9.17, 15) is 9.18 Å². The Bertz CT molecular complexity index is 914. The zero-order valence-electron chi connectivity index (χ0n) is 13.3. The van der Waals surface area contributed by atoms with E-state index in [2.05, 4.69) is 15.5 Å². The number of ether oxygens (including phenoxy) is 1. The van der Waals surface area contributed by atoms with Gasteiger partial charge in [-0.3, -0.25) is 4.79 Å². The largest absolute Gasteiger partial charge is 0.497 e. The topological polar surface area (TPSA) is 66.5 Å². The molecule has 2 aromatic carbocycles. The van der Waals surface area contributed by atoms with E-state index < -0.39 is 0 Å². The van der Waals surface area contributed by atoms with Gasteiger partial charge in [-0.2, -0.15) is 5.10 Å². The fourth-order valence-electron chi connectivity index (χ4n) is 2.31. The van der Waals surface area contributed by atoms with Gasteiger partial charge >= 0.3 is 0 Å². The number of nitrogens with zero attached hydrogens (tertiary/aromatic N) is 1. The third kappa shape index (κ3) is 3.27. The van der Waals surface area contributed by atoms with Crippen LogP contribution in [0.25, 0.3) is 10.9 Å². The van der Waals surface area contributed by atoms with Crippen molar-refractivity contribution in [1.82, 2.24) is 10.4 Å². The average Bonchev–Trinajstić information content (AvgIpc) is 3.03. The van der Waals surface area contributed by atoms with Crippen LogP contribution in [-0.4, -0.2) is 23.7 Å². The fraction of sp³-hybridized carbons (Fsp3) is 0.111. The van der Waals surface area contributed by atoms with Gasteiger partial charge in [0, 0.05) is 10.9 Å². The predicted octanol–water partition coefficient (Wildman–Crippen LogP) is 3.47. The molecule has 0 bridgehead atoms. The summed E-state index contributed by atoms with van der Waals surface area (Å²) < 4.78 is 18.1. The maximum Gasteiger partial charge on any atom is 0.287 e. The van der Waals surface area contributed by atoms with E-state index >= 15 is 0 Å². The number of carbonyl (C=O) groups excluding carboxylic acids is 1. The number of hydrogen-bond acceptors (Lipinski definition) is 3. The van der Waals surface area contributed by atoms with Gasteiger partial charge in [0.25, 0.3) is 5.91 Å². The molecule has 6 heteroatoms. The van der Waals surface area contributed by atoms with E-state index in [1.54, 1.807) is 32.2 Å². The minimum Gasteiger partial charge on any atom is -0.497 e. The van der Waals surface area contributed by atoms with Gasteiger partial charge in [0.2, 0.25) is 0 Å². The summed E-state index contributed by atoms with van der Waals surface area (Å²) in [7, 11) is 1.59. The van der Waals surface area contributed by atoms with Crippen LogP contribution in [-0.2, 0) is 0 Å². The monoisotopic (exact) mass is 325 g/mol. The van der Waals surface area contributed by atoms with Crippen LogP contribution in [0.2, 0.25) is 0 Å². The summed E-state index contributed by atoms with van der Waals surface area (Å²) in [5, 5.41) is 4.93. The SMILES string of the molecule is COc1ccc2[nH]c(C(=O)N/N=C(\C)c3ccc(F)cc3)cc2c1. The molecule has 1 aromatic heterocycles. The number of carbonyl (C=O) groups is 1. The highest BCUT2D eigenvalue weighted by molar-refractivity contribution is 6.01. The second-order valence-corrected chi connectivity index (χ2v) is 5.28. The van der Waals surface area contributed by atoms with Crippen molar-refractivity contribution in [3.63, 3.8) is 0 Å². The van der Waals surface area contributed by atoms with Crippen LogP contribution in [0.1, 0.15) is 23.0 Å². The number of amides is 1. The van der Waals surface area contributed by atoms with Crippen molar-refractivity contribution < 1.29 is 13.9 Å². The summed E-state index contributed by atoms with van der Waals surface area (Å²) in [5.41, 5.74) is 5.04. The van der Waals surface area contributed by atoms with Crippen molar-refractivity contribution in [1.29, 1.82) is 0 Å². The average molecular weight is 325 g/mol. The molecule has 122 valence electrons. The first-order valence-corrected chi connectivity index (χ1v) is 7.34. The molecule has 0 atom stereocenters. The summed E-state index contributed by atoms with van der Waals surface area (Å²) in [6.07, 6.45) is 0. The number of hydrazone groups is 1. The van der Waals surface area contributed by atoms with Gasteiger partial charge in [-0.15, -0.1) is 0 Å². The zero-order chi connectivity index (χ0) is 17.1. The van der Waals surface area contributed by atoms with E-state index in [1.807, 2.05) is 18.2 Å². The Labute approximate surface area is 138 Å². The number of H-pyrrole nitrogens is 1. The summed E-state index contributed by atoms with van der Waals surface area (Å²) >= 11 is 0. The molecule has 0 spiro atoms. The van der Waals surface area contributed by atoms with Crippen LogP contribution in [0.15, 0.2) is 53.6 Å². The van der Waals surface area contributed by atoms with E-state index in [4.69, 9.17) is 4.74 Å². The molecule has 5 nitrogen and oxygen atoms in total. The maximum atomic E-state index is 12.9. The number of benzene rings is 2. The Hall–Kier alpha value is -3.15. The Morgan fingerprint density at radius 2 is 1.92 bits per heavy atom. The molecule has 0 aliphatic carbocycles. The lowest BCUT2D eigenvalue weighted by Crippen LogP contribution is -2.19. The van der Waals surface area contributed by atoms with Crippen LogP contribution in [0.5, 0.6) is 5.75 Å². The molecular weight excluding hydrogens is 309 g/mol. The first-order chi connectivity index (χ1) is 11.6. The molecule has 1 amide bonds. The second-order valence-electron chi connectivity index (χ2n) is 5.28. The van der Waals surface area contributed by atoms with Gasteiger partial charge in [0.15, 0.2) is 0 Å². The Morgan fingerprint density at radius 3 is 2.62 bits per heavy atom. The first kappa shape index (κ1) is 15.7. The molecule has 0 radical (unpaired) electrons. The summed E-state index contributed by atoms with van der Waals surface area (Å²) in [5.74, 6) is 0.0503. The van der Waals surface area contributed by atoms with E-state index in [-0.39, 0.29) is 11.7 Å². The maximum absolute atomic E-state index is 12.9.